The molecule has 1 aromatic heterocycles. The largest absolute Gasteiger partial charge is 0.288 e. The van der Waals surface area contributed by atoms with Gasteiger partial charge in [-0.25, -0.2) is 4.98 Å². The van der Waals surface area contributed by atoms with Crippen LogP contribution >= 0.6 is 0 Å². The third-order valence-corrected chi connectivity index (χ3v) is 6.35. The molecule has 0 saturated heterocycles. The molecule has 4 heteroatoms. The second-order valence-electron chi connectivity index (χ2n) is 8.54. The van der Waals surface area contributed by atoms with E-state index in [1.807, 2.05) is 72.8 Å². The standard InChI is InChI=1S/C31H27N3O/c35-30(34-22-21-32-24-34)29(23-25-13-5-1-6-14-25)33-31(26-15-7-2-8-16-26,27-17-9-3-10-18-27)28-19-11-4-12-20-28/h1-22,24,29,33H,23H2. The number of hydrogen-bond acceptors (Lipinski definition) is 3. The van der Waals surface area contributed by atoms with Gasteiger partial charge in [0, 0.05) is 12.4 Å². The Labute approximate surface area is 205 Å². The summed E-state index contributed by atoms with van der Waals surface area (Å²) >= 11 is 0. The van der Waals surface area contributed by atoms with Gasteiger partial charge in [0.15, 0.2) is 0 Å². The summed E-state index contributed by atoms with van der Waals surface area (Å²) < 4.78 is 1.56. The van der Waals surface area contributed by atoms with Gasteiger partial charge in [0.1, 0.15) is 6.33 Å². The number of imidazole rings is 1. The summed E-state index contributed by atoms with van der Waals surface area (Å²) in [6.45, 7) is 0. The minimum Gasteiger partial charge on any atom is -0.288 e. The second kappa shape index (κ2) is 10.3. The predicted octanol–water partition coefficient (Wildman–Crippen LogP) is 5.72. The SMILES string of the molecule is O=C(C(Cc1ccccc1)NC(c1ccccc1)(c1ccccc1)c1ccccc1)n1ccnc1. The Balaban J connectivity index is 1.70. The van der Waals surface area contributed by atoms with Crippen LogP contribution in [0.5, 0.6) is 0 Å². The number of hydrogen-bond donors (Lipinski definition) is 1. The van der Waals surface area contributed by atoms with E-state index in [1.165, 1.54) is 0 Å². The van der Waals surface area contributed by atoms with Crippen molar-refractivity contribution in [1.82, 2.24) is 14.9 Å². The fraction of sp³-hybridized carbons (Fsp3) is 0.0968. The van der Waals surface area contributed by atoms with Crippen molar-refractivity contribution < 1.29 is 4.79 Å². The van der Waals surface area contributed by atoms with Gasteiger partial charge in [0.05, 0.1) is 11.6 Å². The van der Waals surface area contributed by atoms with Gasteiger partial charge in [-0.2, -0.15) is 0 Å². The Bertz CT molecular complexity index is 1240. The van der Waals surface area contributed by atoms with Gasteiger partial charge in [-0.15, -0.1) is 0 Å². The van der Waals surface area contributed by atoms with Crippen molar-refractivity contribution in [2.24, 2.45) is 0 Å². The molecule has 0 aliphatic carbocycles. The average molecular weight is 458 g/mol. The van der Waals surface area contributed by atoms with Crippen LogP contribution in [0.2, 0.25) is 0 Å². The van der Waals surface area contributed by atoms with Gasteiger partial charge >= 0.3 is 0 Å². The molecule has 5 aromatic rings. The molecule has 1 N–H and O–H groups in total. The van der Waals surface area contributed by atoms with E-state index in [1.54, 1.807) is 23.3 Å². The van der Waals surface area contributed by atoms with Gasteiger partial charge in [0.25, 0.3) is 0 Å². The van der Waals surface area contributed by atoms with E-state index < -0.39 is 11.6 Å². The topological polar surface area (TPSA) is 46.9 Å². The first kappa shape index (κ1) is 22.5. The monoisotopic (exact) mass is 457 g/mol. The van der Waals surface area contributed by atoms with E-state index in [0.717, 1.165) is 22.3 Å². The molecule has 0 bridgehead atoms. The Morgan fingerprint density at radius 3 is 1.60 bits per heavy atom. The van der Waals surface area contributed by atoms with Gasteiger partial charge in [0.2, 0.25) is 5.91 Å². The summed E-state index contributed by atoms with van der Waals surface area (Å²) in [5.41, 5.74) is 3.53. The van der Waals surface area contributed by atoms with Crippen LogP contribution in [0.4, 0.5) is 0 Å². The zero-order valence-corrected chi connectivity index (χ0v) is 19.4. The molecule has 0 aliphatic rings. The molecule has 0 saturated carbocycles. The molecule has 5 rings (SSSR count). The van der Waals surface area contributed by atoms with E-state index in [-0.39, 0.29) is 5.91 Å². The summed E-state index contributed by atoms with van der Waals surface area (Å²) in [4.78, 5) is 18.0. The molecular formula is C31H27N3O. The van der Waals surface area contributed by atoms with Gasteiger partial charge in [-0.1, -0.05) is 121 Å². The lowest BCUT2D eigenvalue weighted by Crippen LogP contribution is -2.54. The van der Waals surface area contributed by atoms with Crippen LogP contribution in [-0.4, -0.2) is 21.5 Å². The lowest BCUT2D eigenvalue weighted by molar-refractivity contribution is 0.0845. The normalized spacial score (nSPS) is 12.2. The van der Waals surface area contributed by atoms with Gasteiger partial charge in [-0.05, 0) is 28.7 Å². The minimum absolute atomic E-state index is 0.0569. The van der Waals surface area contributed by atoms with Crippen LogP contribution in [0, 0.1) is 0 Å². The average Bonchev–Trinajstić information content (AvgIpc) is 3.48. The number of aromatic nitrogens is 2. The highest BCUT2D eigenvalue weighted by Crippen LogP contribution is 2.37. The van der Waals surface area contributed by atoms with Crippen molar-refractivity contribution in [3.8, 4) is 0 Å². The van der Waals surface area contributed by atoms with E-state index >= 15 is 0 Å². The number of nitrogens with zero attached hydrogens (tertiary/aromatic N) is 2. The Kier molecular flexibility index (Phi) is 6.64. The summed E-state index contributed by atoms with van der Waals surface area (Å²) in [7, 11) is 0. The number of carbonyl (C=O) groups excluding carboxylic acids is 1. The molecule has 4 nitrogen and oxygen atoms in total. The summed E-state index contributed by atoms with van der Waals surface area (Å²) in [6.07, 6.45) is 5.44. The van der Waals surface area contributed by atoms with Crippen molar-refractivity contribution in [3.63, 3.8) is 0 Å². The maximum absolute atomic E-state index is 13.8. The van der Waals surface area contributed by atoms with E-state index in [0.29, 0.717) is 6.42 Å². The smallest absolute Gasteiger partial charge is 0.249 e. The lowest BCUT2D eigenvalue weighted by Gasteiger charge is -2.40. The second-order valence-corrected chi connectivity index (χ2v) is 8.54. The molecule has 1 heterocycles. The molecular weight excluding hydrogens is 430 g/mol. The van der Waals surface area contributed by atoms with Crippen LogP contribution in [0.15, 0.2) is 140 Å². The quantitative estimate of drug-likeness (QED) is 0.303. The molecule has 35 heavy (non-hydrogen) atoms. The Morgan fingerprint density at radius 2 is 1.17 bits per heavy atom. The molecule has 0 amide bonds. The Morgan fingerprint density at radius 1 is 0.714 bits per heavy atom. The predicted molar refractivity (Wildman–Crippen MR) is 139 cm³/mol. The van der Waals surface area contributed by atoms with E-state index in [9.17, 15) is 4.79 Å². The molecule has 1 atom stereocenters. The van der Waals surface area contributed by atoms with Crippen LogP contribution in [0.3, 0.4) is 0 Å². The highest BCUT2D eigenvalue weighted by molar-refractivity contribution is 5.85. The maximum Gasteiger partial charge on any atom is 0.249 e. The first-order chi connectivity index (χ1) is 17.3. The fourth-order valence-corrected chi connectivity index (χ4v) is 4.70. The summed E-state index contributed by atoms with van der Waals surface area (Å²) in [6, 6.07) is 40.6. The van der Waals surface area contributed by atoms with E-state index in [2.05, 4.69) is 58.8 Å². The van der Waals surface area contributed by atoms with E-state index in [4.69, 9.17) is 0 Å². The molecule has 172 valence electrons. The molecule has 4 aromatic carbocycles. The third kappa shape index (κ3) is 4.70. The van der Waals surface area contributed by atoms with Crippen molar-refractivity contribution in [2.75, 3.05) is 0 Å². The molecule has 0 spiro atoms. The van der Waals surface area contributed by atoms with Gasteiger partial charge in [-0.3, -0.25) is 14.7 Å². The first-order valence-corrected chi connectivity index (χ1v) is 11.8. The highest BCUT2D eigenvalue weighted by Gasteiger charge is 2.40. The van der Waals surface area contributed by atoms with Crippen LogP contribution < -0.4 is 5.32 Å². The van der Waals surface area contributed by atoms with Crippen LogP contribution in [0.25, 0.3) is 0 Å². The van der Waals surface area contributed by atoms with Crippen LogP contribution in [0.1, 0.15) is 27.0 Å². The molecule has 0 fully saturated rings. The van der Waals surface area contributed by atoms with Crippen LogP contribution in [-0.2, 0) is 12.0 Å². The lowest BCUT2D eigenvalue weighted by atomic mass is 9.76. The molecule has 0 aliphatic heterocycles. The zero-order chi connectivity index (χ0) is 23.9. The number of nitrogens with one attached hydrogen (secondary N) is 1. The minimum atomic E-state index is -0.751. The molecule has 1 unspecified atom stereocenters. The van der Waals surface area contributed by atoms with Crippen molar-refractivity contribution in [3.05, 3.63) is 162 Å². The molecule has 0 radical (unpaired) electrons. The van der Waals surface area contributed by atoms with Crippen molar-refractivity contribution >= 4 is 5.91 Å². The number of rotatable bonds is 8. The Hall–Kier alpha value is -4.28. The summed E-state index contributed by atoms with van der Waals surface area (Å²) in [5, 5.41) is 3.85. The summed E-state index contributed by atoms with van der Waals surface area (Å²) in [5.74, 6) is -0.0569. The number of benzene rings is 4. The number of carbonyl (C=O) groups is 1. The van der Waals surface area contributed by atoms with Crippen molar-refractivity contribution in [1.29, 1.82) is 0 Å². The van der Waals surface area contributed by atoms with Crippen molar-refractivity contribution in [2.45, 2.75) is 18.0 Å². The first-order valence-electron chi connectivity index (χ1n) is 11.8. The fourth-order valence-electron chi connectivity index (χ4n) is 4.70. The third-order valence-electron chi connectivity index (χ3n) is 6.35. The highest BCUT2D eigenvalue weighted by atomic mass is 16.2. The van der Waals surface area contributed by atoms with Gasteiger partial charge < -0.3 is 0 Å². The maximum atomic E-state index is 13.8. The zero-order valence-electron chi connectivity index (χ0n) is 19.4.